The van der Waals surface area contributed by atoms with E-state index in [-0.39, 0.29) is 23.9 Å². The van der Waals surface area contributed by atoms with Crippen molar-refractivity contribution in [2.24, 2.45) is 5.92 Å². The summed E-state index contributed by atoms with van der Waals surface area (Å²) >= 11 is 0. The molecule has 1 aromatic carbocycles. The van der Waals surface area contributed by atoms with E-state index in [2.05, 4.69) is 45.3 Å². The van der Waals surface area contributed by atoms with Crippen molar-refractivity contribution in [1.29, 1.82) is 0 Å². The Hall–Kier alpha value is -2.78. The Morgan fingerprint density at radius 1 is 0.971 bits per heavy atom. The molecule has 9 heteroatoms. The van der Waals surface area contributed by atoms with Crippen LogP contribution in [-0.4, -0.2) is 46.7 Å². The van der Waals surface area contributed by atoms with Crippen LogP contribution in [0.4, 0.5) is 0 Å². The molecule has 1 aromatic heterocycles. The fourth-order valence-electron chi connectivity index (χ4n) is 4.16. The van der Waals surface area contributed by atoms with Gasteiger partial charge in [-0.05, 0) is 44.6 Å². The third-order valence-electron chi connectivity index (χ3n) is 6.05. The Morgan fingerprint density at radius 2 is 1.68 bits per heavy atom. The second-order valence-corrected chi connectivity index (χ2v) is 9.54. The lowest BCUT2D eigenvalue weighted by atomic mass is 10.0. The number of carbonyl (C=O) groups excluding carboxylic acids is 2. The molecule has 9 nitrogen and oxygen atoms in total. The number of aromatic nitrogens is 2. The monoisotopic (exact) mass is 470 g/mol. The first kappa shape index (κ1) is 25.8. The molecule has 5 atom stereocenters. The van der Waals surface area contributed by atoms with Crippen molar-refractivity contribution in [2.45, 2.75) is 84.1 Å². The molecule has 0 fully saturated rings. The molecule has 186 valence electrons. The first-order valence-corrected chi connectivity index (χ1v) is 12.2. The molecular weight excluding hydrogens is 432 g/mol. The number of nitrogens with zero attached hydrogens (tertiary/aromatic N) is 2. The molecule has 1 aliphatic rings. The maximum atomic E-state index is 13.3. The van der Waals surface area contributed by atoms with E-state index in [9.17, 15) is 9.59 Å². The molecule has 0 saturated carbocycles. The maximum Gasteiger partial charge on any atom is 0.238 e. The first-order chi connectivity index (χ1) is 16.3. The lowest BCUT2D eigenvalue weighted by Gasteiger charge is -2.27. The van der Waals surface area contributed by atoms with Crippen LogP contribution in [0, 0.1) is 5.92 Å². The van der Waals surface area contributed by atoms with Crippen molar-refractivity contribution in [3.8, 4) is 0 Å². The zero-order valence-electron chi connectivity index (χ0n) is 20.8. The first-order valence-electron chi connectivity index (χ1n) is 12.2. The van der Waals surface area contributed by atoms with Gasteiger partial charge in [0.25, 0.3) is 0 Å². The largest absolute Gasteiger partial charge is 0.421 e. The molecule has 0 saturated heterocycles. The highest BCUT2D eigenvalue weighted by Gasteiger charge is 2.28. The number of nitrogens with one attached hydrogen (secondary N) is 4. The van der Waals surface area contributed by atoms with E-state index in [0.29, 0.717) is 37.1 Å². The van der Waals surface area contributed by atoms with Crippen molar-refractivity contribution in [1.82, 2.24) is 31.5 Å². The van der Waals surface area contributed by atoms with Crippen LogP contribution in [-0.2, 0) is 16.0 Å². The minimum Gasteiger partial charge on any atom is -0.421 e. The Balaban J connectivity index is 1.89. The zero-order chi connectivity index (χ0) is 24.7. The van der Waals surface area contributed by atoms with Gasteiger partial charge in [0, 0.05) is 12.6 Å². The van der Waals surface area contributed by atoms with Gasteiger partial charge >= 0.3 is 0 Å². The van der Waals surface area contributed by atoms with Gasteiger partial charge in [-0.1, -0.05) is 51.1 Å². The molecule has 2 bridgehead atoms. The van der Waals surface area contributed by atoms with Gasteiger partial charge in [-0.15, -0.1) is 10.2 Å². The van der Waals surface area contributed by atoms with Gasteiger partial charge in [0.2, 0.25) is 23.6 Å². The van der Waals surface area contributed by atoms with Crippen LogP contribution in [0.3, 0.4) is 0 Å². The number of fused-ring (bicyclic) bond motifs is 2. The average Bonchev–Trinajstić information content (AvgIpc) is 3.29. The highest BCUT2D eigenvalue weighted by Crippen LogP contribution is 2.20. The second-order valence-electron chi connectivity index (χ2n) is 9.54. The van der Waals surface area contributed by atoms with Gasteiger partial charge in [-0.3, -0.25) is 14.9 Å². The normalized spacial score (nSPS) is 26.9. The molecule has 2 aromatic rings. The van der Waals surface area contributed by atoms with Gasteiger partial charge in [-0.25, -0.2) is 0 Å². The van der Waals surface area contributed by atoms with E-state index < -0.39 is 18.1 Å². The summed E-state index contributed by atoms with van der Waals surface area (Å²) in [7, 11) is 0. The number of benzene rings is 1. The highest BCUT2D eigenvalue weighted by molar-refractivity contribution is 5.83. The Kier molecular flexibility index (Phi) is 9.18. The summed E-state index contributed by atoms with van der Waals surface area (Å²) in [5, 5.41) is 21.2. The van der Waals surface area contributed by atoms with Crippen LogP contribution in [0.2, 0.25) is 0 Å². The summed E-state index contributed by atoms with van der Waals surface area (Å²) in [5.41, 5.74) is 1.05. The van der Waals surface area contributed by atoms with Crippen LogP contribution in [0.1, 0.15) is 76.9 Å². The van der Waals surface area contributed by atoms with Crippen LogP contribution in [0.15, 0.2) is 34.7 Å². The van der Waals surface area contributed by atoms with Crippen LogP contribution < -0.4 is 21.3 Å². The standard InChI is InChI=1S/C25H38N6O3/c1-6-20-25-31-30-24(34-25)17(5)28-23(33)21(13-18-10-8-7-9-11-18)26-14-19(12-15(2)3)29-22(32)16(4)27-20/h7-11,15-17,19-21,26-27H,6,12-14H2,1-5H3,(H,28,33)(H,29,32)/t16-,17+,19+,20?,21+/m1/s1. The van der Waals surface area contributed by atoms with Crippen molar-refractivity contribution < 1.29 is 14.0 Å². The molecule has 3 rings (SSSR count). The van der Waals surface area contributed by atoms with E-state index in [1.807, 2.05) is 51.1 Å². The Morgan fingerprint density at radius 3 is 2.35 bits per heavy atom. The van der Waals surface area contributed by atoms with Gasteiger partial charge < -0.3 is 20.4 Å². The number of rotatable bonds is 5. The average molecular weight is 471 g/mol. The van der Waals surface area contributed by atoms with Crippen molar-refractivity contribution in [2.75, 3.05) is 6.54 Å². The predicted octanol–water partition coefficient (Wildman–Crippen LogP) is 2.42. The molecule has 4 N–H and O–H groups in total. The van der Waals surface area contributed by atoms with E-state index in [0.717, 1.165) is 12.0 Å². The molecule has 2 amide bonds. The smallest absolute Gasteiger partial charge is 0.238 e. The molecule has 2 heterocycles. The van der Waals surface area contributed by atoms with Crippen LogP contribution in [0.5, 0.6) is 0 Å². The second kappa shape index (κ2) is 12.1. The molecule has 1 unspecified atom stereocenters. The zero-order valence-corrected chi connectivity index (χ0v) is 20.8. The highest BCUT2D eigenvalue weighted by atomic mass is 16.4. The number of hydrogen-bond acceptors (Lipinski definition) is 7. The Labute approximate surface area is 201 Å². The lowest BCUT2D eigenvalue weighted by Crippen LogP contribution is -2.54. The number of amides is 2. The molecule has 0 spiro atoms. The molecule has 1 aliphatic heterocycles. The summed E-state index contributed by atoms with van der Waals surface area (Å²) in [4.78, 5) is 26.3. The van der Waals surface area contributed by atoms with Gasteiger partial charge in [0.1, 0.15) is 6.04 Å². The van der Waals surface area contributed by atoms with Gasteiger partial charge in [0.15, 0.2) is 0 Å². The van der Waals surface area contributed by atoms with E-state index in [4.69, 9.17) is 4.42 Å². The summed E-state index contributed by atoms with van der Waals surface area (Å²) in [5.74, 6) is 0.883. The molecule has 0 radical (unpaired) electrons. The van der Waals surface area contributed by atoms with E-state index in [1.54, 1.807) is 0 Å². The van der Waals surface area contributed by atoms with Crippen LogP contribution in [0.25, 0.3) is 0 Å². The van der Waals surface area contributed by atoms with Crippen molar-refractivity contribution in [3.63, 3.8) is 0 Å². The summed E-state index contributed by atoms with van der Waals surface area (Å²) in [6.45, 7) is 10.4. The summed E-state index contributed by atoms with van der Waals surface area (Å²) in [6.07, 6.45) is 1.99. The lowest BCUT2D eigenvalue weighted by molar-refractivity contribution is -0.124. The molecule has 0 aliphatic carbocycles. The minimum absolute atomic E-state index is 0.0991. The van der Waals surface area contributed by atoms with E-state index in [1.165, 1.54) is 0 Å². The van der Waals surface area contributed by atoms with Crippen molar-refractivity contribution >= 4 is 11.8 Å². The number of carbonyl (C=O) groups is 2. The van der Waals surface area contributed by atoms with E-state index >= 15 is 0 Å². The number of hydrogen-bond donors (Lipinski definition) is 4. The third kappa shape index (κ3) is 7.11. The topological polar surface area (TPSA) is 121 Å². The molecular formula is C25H38N6O3. The summed E-state index contributed by atoms with van der Waals surface area (Å²) in [6, 6.07) is 8.14. The van der Waals surface area contributed by atoms with Gasteiger partial charge in [-0.2, -0.15) is 0 Å². The summed E-state index contributed by atoms with van der Waals surface area (Å²) < 4.78 is 5.88. The maximum absolute atomic E-state index is 13.3. The predicted molar refractivity (Wildman–Crippen MR) is 130 cm³/mol. The quantitative estimate of drug-likeness (QED) is 0.529. The Bertz CT molecular complexity index is 932. The fourth-order valence-corrected chi connectivity index (χ4v) is 4.16. The molecule has 34 heavy (non-hydrogen) atoms. The van der Waals surface area contributed by atoms with Crippen LogP contribution >= 0.6 is 0 Å². The SMILES string of the molecule is CCC1N[C@H](C)C(=O)N[C@@H](CC(C)C)CN[C@@H](Cc2ccccc2)C(=O)N[C@@H](C)c2nnc1o2. The van der Waals surface area contributed by atoms with Gasteiger partial charge in [0.05, 0.1) is 18.1 Å². The third-order valence-corrected chi connectivity index (χ3v) is 6.05. The van der Waals surface area contributed by atoms with Crippen molar-refractivity contribution in [3.05, 3.63) is 47.7 Å². The fraction of sp³-hybridized carbons (Fsp3) is 0.600. The minimum atomic E-state index is -0.483.